The Balaban J connectivity index is 2.96. The molecule has 1 rings (SSSR count). The molecule has 1 atom stereocenters. The van der Waals surface area contributed by atoms with E-state index in [0.29, 0.717) is 5.75 Å². The van der Waals surface area contributed by atoms with Crippen LogP contribution in [0.4, 0.5) is 0 Å². The molecule has 0 aliphatic heterocycles. The average Bonchev–Trinajstić information content (AvgIpc) is 2.44. The molecule has 6 heteroatoms. The van der Waals surface area contributed by atoms with Gasteiger partial charge in [-0.3, -0.25) is 4.79 Å². The summed E-state index contributed by atoms with van der Waals surface area (Å²) in [7, 11) is 6.10. The first-order valence-corrected chi connectivity index (χ1v) is 6.05. The summed E-state index contributed by atoms with van der Waals surface area (Å²) in [5.41, 5.74) is 0.213. The van der Waals surface area contributed by atoms with Crippen molar-refractivity contribution in [1.29, 1.82) is 0 Å². The zero-order chi connectivity index (χ0) is 15.3. The number of hydrogen-bond donors (Lipinski definition) is 0. The highest BCUT2D eigenvalue weighted by atomic mass is 16.6. The van der Waals surface area contributed by atoms with E-state index < -0.39 is 12.1 Å². The summed E-state index contributed by atoms with van der Waals surface area (Å²) < 4.78 is 15.4. The number of benzene rings is 1. The van der Waals surface area contributed by atoms with E-state index in [0.717, 1.165) is 0 Å². The number of rotatable bonds is 5. The van der Waals surface area contributed by atoms with Crippen molar-refractivity contribution >= 4 is 11.9 Å². The second kappa shape index (κ2) is 6.79. The molecule has 110 valence electrons. The molecule has 0 saturated carbocycles. The quantitative estimate of drug-likeness (QED) is 0.762. The third-order valence-electron chi connectivity index (χ3n) is 2.70. The molecule has 1 aromatic carbocycles. The Kier molecular flexibility index (Phi) is 5.37. The Morgan fingerprint density at radius 2 is 1.80 bits per heavy atom. The molecule has 0 radical (unpaired) electrons. The van der Waals surface area contributed by atoms with Crippen LogP contribution < -0.4 is 9.47 Å². The molecule has 0 bridgehead atoms. The number of esters is 1. The third kappa shape index (κ3) is 3.40. The van der Waals surface area contributed by atoms with Crippen molar-refractivity contribution in [3.8, 4) is 11.5 Å². The number of amides is 1. The van der Waals surface area contributed by atoms with Crippen LogP contribution in [-0.2, 0) is 9.53 Å². The van der Waals surface area contributed by atoms with E-state index in [1.54, 1.807) is 32.3 Å². The van der Waals surface area contributed by atoms with Crippen molar-refractivity contribution in [3.63, 3.8) is 0 Å². The number of nitrogens with zero attached hydrogens (tertiary/aromatic N) is 1. The van der Waals surface area contributed by atoms with E-state index in [1.807, 2.05) is 0 Å². The standard InChI is InChI=1S/C14H19NO5/c1-9(13(16)15(2)3)20-14(17)10-7-6-8-11(18-4)12(10)19-5/h6-9H,1-5H3/t9-/m0/s1. The van der Waals surface area contributed by atoms with Gasteiger partial charge in [0, 0.05) is 14.1 Å². The van der Waals surface area contributed by atoms with Crippen molar-refractivity contribution < 1.29 is 23.8 Å². The first-order valence-electron chi connectivity index (χ1n) is 6.05. The Labute approximate surface area is 118 Å². The molecule has 0 heterocycles. The molecule has 0 aliphatic rings. The van der Waals surface area contributed by atoms with E-state index in [2.05, 4.69) is 0 Å². The summed E-state index contributed by atoms with van der Waals surface area (Å²) in [6.07, 6.45) is -0.867. The zero-order valence-electron chi connectivity index (χ0n) is 12.3. The summed E-state index contributed by atoms with van der Waals surface area (Å²) >= 11 is 0. The lowest BCUT2D eigenvalue weighted by Gasteiger charge is -2.18. The maximum atomic E-state index is 12.1. The van der Waals surface area contributed by atoms with Crippen LogP contribution in [0.3, 0.4) is 0 Å². The maximum absolute atomic E-state index is 12.1. The largest absolute Gasteiger partial charge is 0.493 e. The van der Waals surface area contributed by atoms with Crippen LogP contribution in [-0.4, -0.2) is 51.2 Å². The first-order chi connectivity index (χ1) is 9.42. The molecule has 0 aliphatic carbocycles. The lowest BCUT2D eigenvalue weighted by Crippen LogP contribution is -2.35. The molecule has 0 spiro atoms. The van der Waals surface area contributed by atoms with Crippen LogP contribution in [0.25, 0.3) is 0 Å². The molecule has 0 N–H and O–H groups in total. The molecular weight excluding hydrogens is 262 g/mol. The fourth-order valence-electron chi connectivity index (χ4n) is 1.69. The zero-order valence-corrected chi connectivity index (χ0v) is 12.3. The minimum absolute atomic E-state index is 0.213. The second-order valence-electron chi connectivity index (χ2n) is 4.32. The predicted molar refractivity (Wildman–Crippen MR) is 73.1 cm³/mol. The molecule has 1 amide bonds. The number of carbonyl (C=O) groups excluding carboxylic acids is 2. The summed E-state index contributed by atoms with van der Waals surface area (Å²) in [5, 5.41) is 0. The molecule has 6 nitrogen and oxygen atoms in total. The van der Waals surface area contributed by atoms with E-state index in [-0.39, 0.29) is 17.2 Å². The van der Waals surface area contributed by atoms with Gasteiger partial charge in [0.1, 0.15) is 5.56 Å². The molecule has 0 saturated heterocycles. The minimum Gasteiger partial charge on any atom is -0.493 e. The van der Waals surface area contributed by atoms with Gasteiger partial charge in [-0.1, -0.05) is 6.07 Å². The van der Waals surface area contributed by atoms with Crippen molar-refractivity contribution in [2.45, 2.75) is 13.0 Å². The first kappa shape index (κ1) is 15.8. The van der Waals surface area contributed by atoms with E-state index in [1.165, 1.54) is 26.0 Å². The highest BCUT2D eigenvalue weighted by molar-refractivity contribution is 5.95. The molecular formula is C14H19NO5. The van der Waals surface area contributed by atoms with Crippen molar-refractivity contribution in [3.05, 3.63) is 23.8 Å². The van der Waals surface area contributed by atoms with Crippen LogP contribution in [0.2, 0.25) is 0 Å². The van der Waals surface area contributed by atoms with Gasteiger partial charge < -0.3 is 19.1 Å². The Bertz CT molecular complexity index is 498. The van der Waals surface area contributed by atoms with E-state index in [4.69, 9.17) is 14.2 Å². The fraction of sp³-hybridized carbons (Fsp3) is 0.429. The van der Waals surface area contributed by atoms with Gasteiger partial charge >= 0.3 is 5.97 Å². The van der Waals surface area contributed by atoms with Crippen LogP contribution in [0.5, 0.6) is 11.5 Å². The predicted octanol–water partition coefficient (Wildman–Crippen LogP) is 1.34. The smallest absolute Gasteiger partial charge is 0.342 e. The van der Waals surface area contributed by atoms with Gasteiger partial charge in [-0.25, -0.2) is 4.79 Å². The van der Waals surface area contributed by atoms with E-state index in [9.17, 15) is 9.59 Å². The lowest BCUT2D eigenvalue weighted by atomic mass is 10.2. The van der Waals surface area contributed by atoms with E-state index >= 15 is 0 Å². The Hall–Kier alpha value is -2.24. The minimum atomic E-state index is -0.867. The second-order valence-corrected chi connectivity index (χ2v) is 4.32. The Morgan fingerprint density at radius 1 is 1.15 bits per heavy atom. The summed E-state index contributed by atoms with van der Waals surface area (Å²) in [4.78, 5) is 25.1. The number of hydrogen-bond acceptors (Lipinski definition) is 5. The SMILES string of the molecule is COc1cccc(C(=O)O[C@@H](C)C(=O)N(C)C)c1OC. The van der Waals surface area contributed by atoms with Gasteiger partial charge in [0.2, 0.25) is 0 Å². The molecule has 0 fully saturated rings. The molecule has 1 aromatic rings. The maximum Gasteiger partial charge on any atom is 0.342 e. The molecule has 20 heavy (non-hydrogen) atoms. The summed E-state index contributed by atoms with van der Waals surface area (Å²) in [6.45, 7) is 1.52. The number of ether oxygens (including phenoxy) is 3. The van der Waals surface area contributed by atoms with Crippen molar-refractivity contribution in [1.82, 2.24) is 4.90 Å². The Morgan fingerprint density at radius 3 is 2.30 bits per heavy atom. The van der Waals surface area contributed by atoms with Crippen molar-refractivity contribution in [2.24, 2.45) is 0 Å². The molecule has 0 aromatic heterocycles. The van der Waals surface area contributed by atoms with Gasteiger partial charge in [0.05, 0.1) is 14.2 Å². The number of para-hydroxylation sites is 1. The normalized spacial score (nSPS) is 11.4. The van der Waals surface area contributed by atoms with Crippen LogP contribution in [0.15, 0.2) is 18.2 Å². The summed E-state index contributed by atoms with van der Waals surface area (Å²) in [5.74, 6) is -0.221. The van der Waals surface area contributed by atoms with Crippen LogP contribution in [0, 0.1) is 0 Å². The third-order valence-corrected chi connectivity index (χ3v) is 2.70. The molecule has 0 unspecified atom stereocenters. The van der Waals surface area contributed by atoms with Gasteiger partial charge in [-0.05, 0) is 19.1 Å². The van der Waals surface area contributed by atoms with Gasteiger partial charge in [0.25, 0.3) is 5.91 Å². The number of carbonyl (C=O) groups is 2. The highest BCUT2D eigenvalue weighted by Crippen LogP contribution is 2.31. The fourth-order valence-corrected chi connectivity index (χ4v) is 1.69. The van der Waals surface area contributed by atoms with Gasteiger partial charge in [-0.2, -0.15) is 0 Å². The van der Waals surface area contributed by atoms with Crippen molar-refractivity contribution in [2.75, 3.05) is 28.3 Å². The summed E-state index contributed by atoms with van der Waals surface area (Å²) in [6, 6.07) is 4.87. The van der Waals surface area contributed by atoms with Gasteiger partial charge in [-0.15, -0.1) is 0 Å². The number of methoxy groups -OCH3 is 2. The lowest BCUT2D eigenvalue weighted by molar-refractivity contribution is -0.137. The monoisotopic (exact) mass is 281 g/mol. The average molecular weight is 281 g/mol. The topological polar surface area (TPSA) is 65.1 Å². The highest BCUT2D eigenvalue weighted by Gasteiger charge is 2.23. The number of likely N-dealkylation sites (N-methyl/N-ethyl adjacent to an activating group) is 1. The van der Waals surface area contributed by atoms with Crippen LogP contribution >= 0.6 is 0 Å². The van der Waals surface area contributed by atoms with Gasteiger partial charge in [0.15, 0.2) is 17.6 Å². The van der Waals surface area contributed by atoms with Crippen LogP contribution in [0.1, 0.15) is 17.3 Å².